The SMILES string of the molecule is CC(C)OC(=O)[C@@H](C)N[P@@](=S)(OC[C@H]1O[C@@H](n2cnc3c(=O)[nH]c(N)nc32)[C@](F)(Cl)[C@@H]1O)Oc1ccccc1. The first-order chi connectivity index (χ1) is 18.3. The number of rotatable bonds is 10. The van der Waals surface area contributed by atoms with E-state index < -0.39 is 54.4 Å². The first-order valence-electron chi connectivity index (χ1n) is 11.7. The molecule has 13 nitrogen and oxygen atoms in total. The smallest absolute Gasteiger partial charge is 0.323 e. The molecule has 5 N–H and O–H groups in total. The number of ether oxygens (including phenoxy) is 2. The number of carbonyl (C=O) groups is 1. The fraction of sp³-hybridized carbons (Fsp3) is 0.455. The number of carbonyl (C=O) groups excluding carboxylic acids is 1. The molecule has 1 saturated heterocycles. The van der Waals surface area contributed by atoms with E-state index in [2.05, 4.69) is 20.0 Å². The second-order valence-corrected chi connectivity index (χ2v) is 12.7. The number of imidazole rings is 1. The lowest BCUT2D eigenvalue weighted by atomic mass is 10.1. The Bertz CT molecular complexity index is 1440. The summed E-state index contributed by atoms with van der Waals surface area (Å²) < 4.78 is 39.4. The van der Waals surface area contributed by atoms with E-state index >= 15 is 4.39 Å². The lowest BCUT2D eigenvalue weighted by Gasteiger charge is -2.28. The maximum atomic E-state index is 15.6. The second-order valence-electron chi connectivity index (χ2n) is 8.96. The Balaban J connectivity index is 1.56. The Morgan fingerprint density at radius 3 is 2.77 bits per heavy atom. The monoisotopic (exact) mass is 604 g/mol. The van der Waals surface area contributed by atoms with E-state index in [1.807, 2.05) is 0 Å². The average Bonchev–Trinajstić information content (AvgIpc) is 3.36. The van der Waals surface area contributed by atoms with Gasteiger partial charge in [-0.15, -0.1) is 0 Å². The first-order valence-corrected chi connectivity index (χ1v) is 14.7. The van der Waals surface area contributed by atoms with Crippen molar-refractivity contribution < 1.29 is 32.8 Å². The summed E-state index contributed by atoms with van der Waals surface area (Å²) in [7, 11) is 0. The second kappa shape index (κ2) is 11.5. The van der Waals surface area contributed by atoms with Gasteiger partial charge in [0.15, 0.2) is 17.4 Å². The third-order valence-corrected chi connectivity index (χ3v) is 8.43. The van der Waals surface area contributed by atoms with Gasteiger partial charge in [-0.3, -0.25) is 19.1 Å². The average molecular weight is 605 g/mol. The van der Waals surface area contributed by atoms with Gasteiger partial charge in [-0.2, -0.15) is 4.98 Å². The topological polar surface area (TPSA) is 176 Å². The number of halogens is 2. The summed E-state index contributed by atoms with van der Waals surface area (Å²) in [5.74, 6) is -0.477. The molecule has 6 atom stereocenters. The van der Waals surface area contributed by atoms with E-state index in [4.69, 9.17) is 47.7 Å². The largest absolute Gasteiger partial charge is 0.462 e. The Labute approximate surface area is 232 Å². The van der Waals surface area contributed by atoms with Crippen molar-refractivity contribution >= 4 is 53.1 Å². The van der Waals surface area contributed by atoms with Crippen molar-refractivity contribution in [1.82, 2.24) is 24.6 Å². The number of nitrogen functional groups attached to an aromatic ring is 1. The molecule has 0 spiro atoms. The number of nitrogens with one attached hydrogen (secondary N) is 2. The molecule has 3 aromatic rings. The molecule has 0 bridgehead atoms. The standard InChI is InChI=1S/C22H27ClFN6O7PS/c1-11(2)35-19(33)12(3)29-38(39,37-13-7-5-4-6-8-13)34-9-14-16(31)22(23,24)20(36-14)30-10-26-15-17(30)27-21(25)28-18(15)32/h4-8,10-12,14,16,20,31H,9H2,1-3H3,(H,29,39)(H3,25,27,28,32)/t12-,14-,16-,20-,22+,38-/m1/s1. The molecule has 0 unspecified atom stereocenters. The number of benzene rings is 1. The molecular formula is C22H27ClFN6O7PS. The van der Waals surface area contributed by atoms with Crippen molar-refractivity contribution in [3.63, 3.8) is 0 Å². The molecule has 1 aliphatic rings. The van der Waals surface area contributed by atoms with Crippen LogP contribution in [0.15, 0.2) is 41.5 Å². The number of hydrogen-bond acceptors (Lipinski definition) is 11. The number of aromatic nitrogens is 4. The minimum atomic E-state index is -3.52. The summed E-state index contributed by atoms with van der Waals surface area (Å²) in [5.41, 5.74) is 4.73. The number of nitrogens with zero attached hydrogens (tertiary/aromatic N) is 3. The molecule has 39 heavy (non-hydrogen) atoms. The number of esters is 1. The molecule has 0 radical (unpaired) electrons. The summed E-state index contributed by atoms with van der Waals surface area (Å²) >= 11 is 11.7. The van der Waals surface area contributed by atoms with Crippen LogP contribution in [0.2, 0.25) is 0 Å². The molecule has 4 rings (SSSR count). The maximum absolute atomic E-state index is 15.6. The molecule has 0 aliphatic carbocycles. The predicted molar refractivity (Wildman–Crippen MR) is 143 cm³/mol. The van der Waals surface area contributed by atoms with E-state index in [1.165, 1.54) is 6.92 Å². The van der Waals surface area contributed by atoms with Gasteiger partial charge in [-0.1, -0.05) is 29.8 Å². The number of H-pyrrole nitrogens is 1. The van der Waals surface area contributed by atoms with Gasteiger partial charge in [0.05, 0.1) is 19.0 Å². The molecule has 2 aromatic heterocycles. The molecule has 0 amide bonds. The normalized spacial score (nSPS) is 25.5. The number of nitrogens with two attached hydrogens (primary N) is 1. The summed E-state index contributed by atoms with van der Waals surface area (Å²) in [4.78, 5) is 34.7. The summed E-state index contributed by atoms with van der Waals surface area (Å²) in [5, 5.41) is 10.7. The number of anilines is 1. The molecule has 3 heterocycles. The van der Waals surface area contributed by atoms with Crippen LogP contribution in [0.3, 0.4) is 0 Å². The third kappa shape index (κ3) is 6.40. The Hall–Kier alpha value is -2.65. The van der Waals surface area contributed by atoms with Crippen molar-refractivity contribution in [1.29, 1.82) is 0 Å². The van der Waals surface area contributed by atoms with Crippen molar-refractivity contribution in [3.8, 4) is 5.75 Å². The number of hydrogen-bond donors (Lipinski definition) is 4. The van der Waals surface area contributed by atoms with Crippen LogP contribution >= 0.6 is 18.2 Å². The summed E-state index contributed by atoms with van der Waals surface area (Å²) in [6.07, 6.45) is -4.20. The van der Waals surface area contributed by atoms with Gasteiger partial charge in [0, 0.05) is 0 Å². The van der Waals surface area contributed by atoms with Gasteiger partial charge in [-0.25, -0.2) is 14.5 Å². The highest BCUT2D eigenvalue weighted by molar-refractivity contribution is 8.09. The van der Waals surface area contributed by atoms with Crippen LogP contribution in [0.5, 0.6) is 5.75 Å². The number of aliphatic hydroxyl groups excluding tert-OH is 1. The van der Waals surface area contributed by atoms with E-state index in [9.17, 15) is 14.7 Å². The lowest BCUT2D eigenvalue weighted by Crippen LogP contribution is -2.40. The number of para-hydroxylation sites is 1. The first kappa shape index (κ1) is 29.3. The molecule has 1 aliphatic heterocycles. The van der Waals surface area contributed by atoms with Crippen LogP contribution in [0.1, 0.15) is 27.0 Å². The van der Waals surface area contributed by atoms with Crippen LogP contribution in [0.4, 0.5) is 10.3 Å². The van der Waals surface area contributed by atoms with Gasteiger partial charge in [0.25, 0.3) is 10.7 Å². The van der Waals surface area contributed by atoms with Crippen molar-refractivity contribution in [3.05, 3.63) is 47.0 Å². The van der Waals surface area contributed by atoms with Gasteiger partial charge in [0.1, 0.15) is 24.0 Å². The minimum Gasteiger partial charge on any atom is -0.462 e. The van der Waals surface area contributed by atoms with Crippen LogP contribution < -0.4 is 20.9 Å². The van der Waals surface area contributed by atoms with Gasteiger partial charge in [0.2, 0.25) is 5.95 Å². The summed E-state index contributed by atoms with van der Waals surface area (Å²) in [6.45, 7) is 0.925. The molecule has 1 aromatic carbocycles. The Morgan fingerprint density at radius 1 is 1.41 bits per heavy atom. The fourth-order valence-corrected chi connectivity index (χ4v) is 6.44. The molecule has 17 heteroatoms. The van der Waals surface area contributed by atoms with Crippen molar-refractivity contribution in [2.24, 2.45) is 0 Å². The van der Waals surface area contributed by atoms with E-state index in [0.717, 1.165) is 10.9 Å². The Kier molecular flexibility index (Phi) is 8.61. The van der Waals surface area contributed by atoms with E-state index in [-0.39, 0.29) is 23.2 Å². The van der Waals surface area contributed by atoms with Crippen LogP contribution in [0, 0.1) is 0 Å². The predicted octanol–water partition coefficient (Wildman–Crippen LogP) is 2.11. The fourth-order valence-electron chi connectivity index (χ4n) is 3.73. The quantitative estimate of drug-likeness (QED) is 0.151. The Morgan fingerprint density at radius 2 is 2.10 bits per heavy atom. The minimum absolute atomic E-state index is 0.102. The molecule has 0 saturated carbocycles. The zero-order valence-corrected chi connectivity index (χ0v) is 23.5. The lowest BCUT2D eigenvalue weighted by molar-refractivity contribution is -0.149. The number of aromatic amines is 1. The maximum Gasteiger partial charge on any atom is 0.323 e. The van der Waals surface area contributed by atoms with Crippen molar-refractivity contribution in [2.75, 3.05) is 12.3 Å². The molecule has 212 valence electrons. The van der Waals surface area contributed by atoms with Crippen LogP contribution in [0.25, 0.3) is 11.2 Å². The highest BCUT2D eigenvalue weighted by Crippen LogP contribution is 2.49. The third-order valence-electron chi connectivity index (χ3n) is 5.52. The molecule has 1 fully saturated rings. The van der Waals surface area contributed by atoms with Crippen LogP contribution in [-0.2, 0) is 30.6 Å². The van der Waals surface area contributed by atoms with Gasteiger partial charge in [-0.05, 0) is 44.7 Å². The summed E-state index contributed by atoms with van der Waals surface area (Å²) in [6, 6.07) is 7.54. The molecular weight excluding hydrogens is 578 g/mol. The number of fused-ring (bicyclic) bond motifs is 1. The van der Waals surface area contributed by atoms with Crippen LogP contribution in [-0.4, -0.2) is 66.7 Å². The van der Waals surface area contributed by atoms with Gasteiger partial charge >= 0.3 is 12.6 Å². The number of alkyl halides is 2. The zero-order valence-electron chi connectivity index (χ0n) is 21.0. The van der Waals surface area contributed by atoms with Gasteiger partial charge < -0.3 is 29.4 Å². The number of aliphatic hydroxyl groups is 1. The zero-order chi connectivity index (χ0) is 28.5. The highest BCUT2D eigenvalue weighted by atomic mass is 35.5. The highest BCUT2D eigenvalue weighted by Gasteiger charge is 2.58. The van der Waals surface area contributed by atoms with E-state index in [0.29, 0.717) is 5.75 Å². The van der Waals surface area contributed by atoms with E-state index in [1.54, 1.807) is 44.2 Å². The van der Waals surface area contributed by atoms with Crippen molar-refractivity contribution in [2.45, 2.75) is 56.5 Å².